The van der Waals surface area contributed by atoms with Gasteiger partial charge in [0.15, 0.2) is 18.1 Å². The number of methoxy groups -OCH3 is 3. The molecule has 0 aromatic heterocycles. The summed E-state index contributed by atoms with van der Waals surface area (Å²) in [6.07, 6.45) is 0.634. The Hall–Kier alpha value is -3.22. The van der Waals surface area contributed by atoms with Crippen molar-refractivity contribution in [3.8, 4) is 23.0 Å². The van der Waals surface area contributed by atoms with Gasteiger partial charge >= 0.3 is 0 Å². The minimum Gasteiger partial charge on any atom is -0.497 e. The van der Waals surface area contributed by atoms with Crippen LogP contribution in [0.25, 0.3) is 0 Å². The highest BCUT2D eigenvalue weighted by molar-refractivity contribution is 6.01. The zero-order valence-corrected chi connectivity index (χ0v) is 15.9. The van der Waals surface area contributed by atoms with E-state index in [0.717, 1.165) is 11.3 Å². The van der Waals surface area contributed by atoms with Crippen LogP contribution >= 0.6 is 0 Å². The fourth-order valence-electron chi connectivity index (χ4n) is 2.35. The van der Waals surface area contributed by atoms with Crippen LogP contribution in [0, 0.1) is 0 Å². The van der Waals surface area contributed by atoms with E-state index in [0.29, 0.717) is 29.4 Å². The van der Waals surface area contributed by atoms with Gasteiger partial charge in [-0.2, -0.15) is 5.10 Å². The Bertz CT molecular complexity index is 787. The van der Waals surface area contributed by atoms with E-state index in [2.05, 4.69) is 10.5 Å². The summed E-state index contributed by atoms with van der Waals surface area (Å²) in [5.41, 5.74) is 4.07. The Labute approximate surface area is 158 Å². The quantitative estimate of drug-likeness (QED) is 0.541. The second kappa shape index (κ2) is 10.1. The number of nitrogens with one attached hydrogen (secondary N) is 1. The Morgan fingerprint density at radius 1 is 0.926 bits per heavy atom. The predicted octanol–water partition coefficient (Wildman–Crippen LogP) is 3.02. The largest absolute Gasteiger partial charge is 0.497 e. The maximum Gasteiger partial charge on any atom is 0.277 e. The highest BCUT2D eigenvalue weighted by atomic mass is 16.5. The summed E-state index contributed by atoms with van der Waals surface area (Å²) in [5, 5.41) is 4.20. The molecule has 0 saturated heterocycles. The molecular formula is C20H24N2O5. The number of rotatable bonds is 9. The van der Waals surface area contributed by atoms with Crippen LogP contribution in [0.4, 0.5) is 0 Å². The van der Waals surface area contributed by atoms with Crippen LogP contribution in [0.2, 0.25) is 0 Å². The molecule has 0 bridgehead atoms. The van der Waals surface area contributed by atoms with Gasteiger partial charge < -0.3 is 18.9 Å². The minimum absolute atomic E-state index is 0.140. The molecule has 0 atom stereocenters. The Kier molecular flexibility index (Phi) is 7.49. The molecule has 1 N–H and O–H groups in total. The molecule has 1 amide bonds. The molecule has 7 nitrogen and oxygen atoms in total. The van der Waals surface area contributed by atoms with Gasteiger partial charge in [-0.25, -0.2) is 5.43 Å². The fraction of sp³-hybridized carbons (Fsp3) is 0.300. The lowest BCUT2D eigenvalue weighted by Crippen LogP contribution is -2.26. The average molecular weight is 372 g/mol. The van der Waals surface area contributed by atoms with Crippen LogP contribution in [-0.2, 0) is 4.79 Å². The van der Waals surface area contributed by atoms with Crippen molar-refractivity contribution in [3.63, 3.8) is 0 Å². The van der Waals surface area contributed by atoms with E-state index in [4.69, 9.17) is 18.9 Å². The smallest absolute Gasteiger partial charge is 0.277 e. The van der Waals surface area contributed by atoms with E-state index in [1.54, 1.807) is 51.7 Å². The molecular weight excluding hydrogens is 348 g/mol. The van der Waals surface area contributed by atoms with E-state index in [9.17, 15) is 4.79 Å². The van der Waals surface area contributed by atoms with Crippen molar-refractivity contribution in [2.45, 2.75) is 13.3 Å². The molecule has 2 rings (SSSR count). The molecule has 27 heavy (non-hydrogen) atoms. The zero-order chi connectivity index (χ0) is 19.6. The topological polar surface area (TPSA) is 78.4 Å². The van der Waals surface area contributed by atoms with Gasteiger partial charge in [-0.3, -0.25) is 4.79 Å². The molecule has 0 radical (unpaired) electrons. The van der Waals surface area contributed by atoms with Gasteiger partial charge in [-0.05, 0) is 48.9 Å². The number of nitrogens with zero attached hydrogens (tertiary/aromatic N) is 1. The number of hydrazone groups is 1. The SMILES string of the molecule is CC/C(=N\NC(=O)COc1ccc(OC)cc1)c1ccc(OC)c(OC)c1. The van der Waals surface area contributed by atoms with Crippen LogP contribution in [0.5, 0.6) is 23.0 Å². The van der Waals surface area contributed by atoms with Crippen molar-refractivity contribution in [3.05, 3.63) is 48.0 Å². The molecule has 0 aliphatic heterocycles. The van der Waals surface area contributed by atoms with E-state index in [-0.39, 0.29) is 12.5 Å². The molecule has 2 aromatic carbocycles. The molecule has 0 saturated carbocycles. The van der Waals surface area contributed by atoms with Crippen molar-refractivity contribution < 1.29 is 23.7 Å². The van der Waals surface area contributed by atoms with Crippen LogP contribution in [0.15, 0.2) is 47.6 Å². The Morgan fingerprint density at radius 3 is 2.19 bits per heavy atom. The maximum atomic E-state index is 12.0. The maximum absolute atomic E-state index is 12.0. The summed E-state index contributed by atoms with van der Waals surface area (Å²) >= 11 is 0. The lowest BCUT2D eigenvalue weighted by Gasteiger charge is -2.11. The van der Waals surface area contributed by atoms with Gasteiger partial charge in [0.2, 0.25) is 0 Å². The first-order valence-corrected chi connectivity index (χ1v) is 8.45. The second-order valence-corrected chi connectivity index (χ2v) is 5.48. The molecule has 2 aromatic rings. The summed E-state index contributed by atoms with van der Waals surface area (Å²) in [4.78, 5) is 12.0. The molecule has 0 unspecified atom stereocenters. The number of carbonyl (C=O) groups is 1. The van der Waals surface area contributed by atoms with Gasteiger partial charge in [0.05, 0.1) is 27.0 Å². The van der Waals surface area contributed by atoms with Crippen molar-refractivity contribution in [1.29, 1.82) is 0 Å². The third kappa shape index (κ3) is 5.64. The molecule has 0 aliphatic carbocycles. The molecule has 0 heterocycles. The van der Waals surface area contributed by atoms with Crippen molar-refractivity contribution >= 4 is 11.6 Å². The lowest BCUT2D eigenvalue weighted by atomic mass is 10.1. The van der Waals surface area contributed by atoms with Gasteiger partial charge in [-0.15, -0.1) is 0 Å². The normalized spacial score (nSPS) is 10.9. The number of hydrogen-bond acceptors (Lipinski definition) is 6. The van der Waals surface area contributed by atoms with Gasteiger partial charge in [0.1, 0.15) is 11.5 Å². The Balaban J connectivity index is 1.98. The molecule has 0 fully saturated rings. The fourth-order valence-corrected chi connectivity index (χ4v) is 2.35. The highest BCUT2D eigenvalue weighted by Crippen LogP contribution is 2.28. The van der Waals surface area contributed by atoms with Gasteiger partial charge in [-0.1, -0.05) is 6.92 Å². The number of carbonyl (C=O) groups excluding carboxylic acids is 1. The summed E-state index contributed by atoms with van der Waals surface area (Å²) in [5.74, 6) is 2.18. The van der Waals surface area contributed by atoms with Gasteiger partial charge in [0, 0.05) is 5.56 Å². The van der Waals surface area contributed by atoms with Crippen LogP contribution in [0.3, 0.4) is 0 Å². The average Bonchev–Trinajstić information content (AvgIpc) is 2.72. The number of amides is 1. The third-order valence-corrected chi connectivity index (χ3v) is 3.80. The number of hydrogen-bond donors (Lipinski definition) is 1. The molecule has 0 aliphatic rings. The summed E-state index contributed by atoms with van der Waals surface area (Å²) in [7, 11) is 4.74. The van der Waals surface area contributed by atoms with E-state index < -0.39 is 0 Å². The molecule has 0 spiro atoms. The molecule has 144 valence electrons. The predicted molar refractivity (Wildman–Crippen MR) is 103 cm³/mol. The summed E-state index contributed by atoms with van der Waals surface area (Å²) in [6.45, 7) is 1.81. The minimum atomic E-state index is -0.350. The van der Waals surface area contributed by atoms with Crippen molar-refractivity contribution in [2.24, 2.45) is 5.10 Å². The standard InChI is InChI=1S/C20H24N2O5/c1-5-17(14-6-11-18(25-3)19(12-14)26-4)21-22-20(23)13-27-16-9-7-15(24-2)8-10-16/h6-12H,5,13H2,1-4H3,(H,22,23)/b21-17+. The van der Waals surface area contributed by atoms with E-state index in [1.807, 2.05) is 19.1 Å². The highest BCUT2D eigenvalue weighted by Gasteiger charge is 2.09. The van der Waals surface area contributed by atoms with E-state index >= 15 is 0 Å². The monoisotopic (exact) mass is 372 g/mol. The first kappa shape index (κ1) is 20.1. The first-order valence-electron chi connectivity index (χ1n) is 8.45. The Morgan fingerprint density at radius 2 is 1.59 bits per heavy atom. The first-order chi connectivity index (χ1) is 13.1. The number of ether oxygens (including phenoxy) is 4. The molecule has 7 heteroatoms. The van der Waals surface area contributed by atoms with Crippen LogP contribution < -0.4 is 24.4 Å². The zero-order valence-electron chi connectivity index (χ0n) is 15.9. The summed E-state index contributed by atoms with van der Waals surface area (Å²) in [6, 6.07) is 12.5. The number of benzene rings is 2. The van der Waals surface area contributed by atoms with Crippen molar-refractivity contribution in [2.75, 3.05) is 27.9 Å². The van der Waals surface area contributed by atoms with Crippen LogP contribution in [0.1, 0.15) is 18.9 Å². The lowest BCUT2D eigenvalue weighted by molar-refractivity contribution is -0.123. The van der Waals surface area contributed by atoms with Crippen LogP contribution in [-0.4, -0.2) is 39.6 Å². The second-order valence-electron chi connectivity index (χ2n) is 5.48. The third-order valence-electron chi connectivity index (χ3n) is 3.80. The van der Waals surface area contributed by atoms with Gasteiger partial charge in [0.25, 0.3) is 5.91 Å². The van der Waals surface area contributed by atoms with Crippen molar-refractivity contribution in [1.82, 2.24) is 5.43 Å². The van der Waals surface area contributed by atoms with E-state index in [1.165, 1.54) is 0 Å². The summed E-state index contributed by atoms with van der Waals surface area (Å²) < 4.78 is 21.0.